The van der Waals surface area contributed by atoms with Gasteiger partial charge in [-0.1, -0.05) is 24.3 Å². The number of hydrogen-bond donors (Lipinski definition) is 1. The number of hydrogen-bond acceptors (Lipinski definition) is 2. The van der Waals surface area contributed by atoms with E-state index in [-0.39, 0.29) is 11.7 Å². The molecule has 2 nitrogen and oxygen atoms in total. The highest BCUT2D eigenvalue weighted by atomic mass is 32.2. The highest BCUT2D eigenvalue weighted by molar-refractivity contribution is 7.99. The lowest BCUT2D eigenvalue weighted by Crippen LogP contribution is -2.15. The molecule has 0 atom stereocenters. The molecule has 0 fully saturated rings. The van der Waals surface area contributed by atoms with Gasteiger partial charge >= 0.3 is 0 Å². The van der Waals surface area contributed by atoms with Crippen molar-refractivity contribution in [3.63, 3.8) is 0 Å². The molecule has 0 saturated carbocycles. The summed E-state index contributed by atoms with van der Waals surface area (Å²) in [6, 6.07) is 12.4. The molecule has 0 bridgehead atoms. The van der Waals surface area contributed by atoms with Gasteiger partial charge in [0.15, 0.2) is 0 Å². The fraction of sp³-hybridized carbons (Fsp3) is 0.235. The van der Waals surface area contributed by atoms with Crippen molar-refractivity contribution >= 4 is 23.4 Å². The first-order chi connectivity index (χ1) is 10.0. The average Bonchev–Trinajstić information content (AvgIpc) is 2.43. The van der Waals surface area contributed by atoms with Crippen LogP contribution >= 0.6 is 11.8 Å². The Hall–Kier alpha value is -1.81. The molecule has 0 spiro atoms. The number of carbonyl (C=O) groups is 1. The zero-order chi connectivity index (χ0) is 15.2. The van der Waals surface area contributed by atoms with Crippen LogP contribution in [0.25, 0.3) is 0 Å². The largest absolute Gasteiger partial charge is 0.325 e. The van der Waals surface area contributed by atoms with E-state index in [0.29, 0.717) is 11.5 Å². The molecule has 0 saturated heterocycles. The summed E-state index contributed by atoms with van der Waals surface area (Å²) in [5.74, 6) is 0.694. The Labute approximate surface area is 128 Å². The van der Waals surface area contributed by atoms with Crippen LogP contribution in [0.4, 0.5) is 10.1 Å². The maximum Gasteiger partial charge on any atom is 0.234 e. The first-order valence-corrected chi connectivity index (χ1v) is 7.89. The molecule has 0 aliphatic carbocycles. The van der Waals surface area contributed by atoms with E-state index >= 15 is 0 Å². The lowest BCUT2D eigenvalue weighted by Gasteiger charge is -2.09. The van der Waals surface area contributed by atoms with Crippen molar-refractivity contribution in [3.05, 3.63) is 65.0 Å². The summed E-state index contributed by atoms with van der Waals surface area (Å²) in [5, 5.41) is 2.91. The number of rotatable bonds is 5. The van der Waals surface area contributed by atoms with Crippen LogP contribution in [-0.2, 0) is 10.5 Å². The van der Waals surface area contributed by atoms with Crippen LogP contribution < -0.4 is 5.32 Å². The molecule has 1 amide bonds. The number of carbonyl (C=O) groups excluding carboxylic acids is 1. The van der Waals surface area contributed by atoms with Gasteiger partial charge in [0.1, 0.15) is 5.82 Å². The van der Waals surface area contributed by atoms with Crippen LogP contribution in [0.1, 0.15) is 16.7 Å². The quantitative estimate of drug-likeness (QED) is 0.891. The summed E-state index contributed by atoms with van der Waals surface area (Å²) in [6.07, 6.45) is 0. The molecular weight excluding hydrogens is 285 g/mol. The number of thioether (sulfide) groups is 1. The highest BCUT2D eigenvalue weighted by Gasteiger charge is 2.05. The molecule has 0 radical (unpaired) electrons. The summed E-state index contributed by atoms with van der Waals surface area (Å²) >= 11 is 1.47. The number of anilines is 1. The lowest BCUT2D eigenvalue weighted by atomic mass is 10.1. The summed E-state index contributed by atoms with van der Waals surface area (Å²) in [4.78, 5) is 11.9. The van der Waals surface area contributed by atoms with Crippen molar-refractivity contribution in [2.24, 2.45) is 0 Å². The van der Waals surface area contributed by atoms with Gasteiger partial charge in [0.05, 0.1) is 5.75 Å². The van der Waals surface area contributed by atoms with Crippen LogP contribution in [0.15, 0.2) is 42.5 Å². The molecule has 0 aromatic heterocycles. The third-order valence-corrected chi connectivity index (χ3v) is 4.06. The Morgan fingerprint density at radius 3 is 2.76 bits per heavy atom. The molecule has 0 aliphatic heterocycles. The van der Waals surface area contributed by atoms with Crippen molar-refractivity contribution in [1.82, 2.24) is 0 Å². The first-order valence-electron chi connectivity index (χ1n) is 6.74. The third-order valence-electron chi connectivity index (χ3n) is 3.06. The zero-order valence-electron chi connectivity index (χ0n) is 12.2. The van der Waals surface area contributed by atoms with E-state index in [1.54, 1.807) is 6.07 Å². The summed E-state index contributed by atoms with van der Waals surface area (Å²) in [5.41, 5.74) is 3.90. The van der Waals surface area contributed by atoms with Crippen molar-refractivity contribution in [1.29, 1.82) is 0 Å². The van der Waals surface area contributed by atoms with Gasteiger partial charge in [-0.15, -0.1) is 11.8 Å². The van der Waals surface area contributed by atoms with Crippen LogP contribution in [0.2, 0.25) is 0 Å². The van der Waals surface area contributed by atoms with E-state index in [1.165, 1.54) is 23.9 Å². The molecule has 21 heavy (non-hydrogen) atoms. The monoisotopic (exact) mass is 303 g/mol. The molecule has 2 aromatic rings. The Kier molecular flexibility index (Phi) is 5.39. The number of aryl methyl sites for hydroxylation is 2. The molecule has 2 rings (SSSR count). The zero-order valence-corrected chi connectivity index (χ0v) is 13.0. The van der Waals surface area contributed by atoms with E-state index in [1.807, 2.05) is 38.1 Å². The normalized spacial score (nSPS) is 10.4. The molecule has 0 aliphatic rings. The molecule has 0 unspecified atom stereocenters. The summed E-state index contributed by atoms with van der Waals surface area (Å²) in [7, 11) is 0. The van der Waals surface area contributed by atoms with Crippen LogP contribution in [-0.4, -0.2) is 11.7 Å². The maximum atomic E-state index is 13.0. The minimum absolute atomic E-state index is 0.0369. The SMILES string of the molecule is Cc1ccc(C)c(NC(=O)CSCc2cccc(F)c2)c1. The molecular formula is C17H18FNOS. The highest BCUT2D eigenvalue weighted by Crippen LogP contribution is 2.18. The van der Waals surface area contributed by atoms with Crippen molar-refractivity contribution in [2.75, 3.05) is 11.1 Å². The number of halogens is 1. The molecule has 4 heteroatoms. The number of benzene rings is 2. The van der Waals surface area contributed by atoms with Gasteiger partial charge in [-0.3, -0.25) is 4.79 Å². The van der Waals surface area contributed by atoms with Crippen LogP contribution in [0, 0.1) is 19.7 Å². The Balaban J connectivity index is 1.84. The van der Waals surface area contributed by atoms with Gasteiger partial charge in [-0.2, -0.15) is 0 Å². The fourth-order valence-corrected chi connectivity index (χ4v) is 2.72. The van der Waals surface area contributed by atoms with E-state index in [9.17, 15) is 9.18 Å². The first kappa shape index (κ1) is 15.6. The number of amides is 1. The van der Waals surface area contributed by atoms with E-state index in [0.717, 1.165) is 22.4 Å². The molecule has 2 aromatic carbocycles. The predicted octanol–water partition coefficient (Wildman–Crippen LogP) is 4.31. The Bertz CT molecular complexity index is 642. The van der Waals surface area contributed by atoms with Crippen LogP contribution in [0.5, 0.6) is 0 Å². The molecule has 110 valence electrons. The minimum atomic E-state index is -0.243. The van der Waals surface area contributed by atoms with Crippen molar-refractivity contribution < 1.29 is 9.18 Å². The lowest BCUT2D eigenvalue weighted by molar-refractivity contribution is -0.113. The van der Waals surface area contributed by atoms with Gasteiger partial charge in [0.2, 0.25) is 5.91 Å². The second-order valence-corrected chi connectivity index (χ2v) is 5.97. The minimum Gasteiger partial charge on any atom is -0.325 e. The Morgan fingerprint density at radius 1 is 1.19 bits per heavy atom. The maximum absolute atomic E-state index is 13.0. The third kappa shape index (κ3) is 4.90. The second-order valence-electron chi connectivity index (χ2n) is 4.99. The summed E-state index contributed by atoms with van der Waals surface area (Å²) < 4.78 is 13.0. The average molecular weight is 303 g/mol. The smallest absolute Gasteiger partial charge is 0.234 e. The fourth-order valence-electron chi connectivity index (χ4n) is 1.95. The predicted molar refractivity (Wildman–Crippen MR) is 87.1 cm³/mol. The van der Waals surface area contributed by atoms with Crippen molar-refractivity contribution in [3.8, 4) is 0 Å². The van der Waals surface area contributed by atoms with E-state index in [4.69, 9.17) is 0 Å². The van der Waals surface area contributed by atoms with Gasteiger partial charge in [0, 0.05) is 11.4 Å². The van der Waals surface area contributed by atoms with Gasteiger partial charge in [0.25, 0.3) is 0 Å². The Morgan fingerprint density at radius 2 is 2.00 bits per heavy atom. The van der Waals surface area contributed by atoms with Gasteiger partial charge in [-0.25, -0.2) is 4.39 Å². The molecule has 1 N–H and O–H groups in total. The van der Waals surface area contributed by atoms with Gasteiger partial charge < -0.3 is 5.32 Å². The summed E-state index contributed by atoms with van der Waals surface area (Å²) in [6.45, 7) is 3.96. The topological polar surface area (TPSA) is 29.1 Å². The van der Waals surface area contributed by atoms with E-state index < -0.39 is 0 Å². The van der Waals surface area contributed by atoms with Crippen molar-refractivity contribution in [2.45, 2.75) is 19.6 Å². The standard InChI is InChI=1S/C17H18FNOS/c1-12-6-7-13(2)16(8-12)19-17(20)11-21-10-14-4-3-5-15(18)9-14/h3-9H,10-11H2,1-2H3,(H,19,20). The second kappa shape index (κ2) is 7.27. The van der Waals surface area contributed by atoms with Gasteiger partial charge in [-0.05, 0) is 48.7 Å². The van der Waals surface area contributed by atoms with Crippen LogP contribution in [0.3, 0.4) is 0 Å². The molecule has 0 heterocycles. The number of nitrogens with one attached hydrogen (secondary N) is 1. The van der Waals surface area contributed by atoms with E-state index in [2.05, 4.69) is 5.32 Å².